The van der Waals surface area contributed by atoms with Crippen LogP contribution in [0.1, 0.15) is 18.4 Å². The zero-order valence-corrected chi connectivity index (χ0v) is 15.8. The Kier molecular flexibility index (Phi) is 7.76. The van der Waals surface area contributed by atoms with Crippen LogP contribution < -0.4 is 10.1 Å². The van der Waals surface area contributed by atoms with E-state index in [0.29, 0.717) is 24.7 Å². The summed E-state index contributed by atoms with van der Waals surface area (Å²) in [5.74, 6) is -0.239. The van der Waals surface area contributed by atoms with E-state index in [-0.39, 0.29) is 36.9 Å². The molecular formula is C18H25ClF3N3O2. The number of aryl methyl sites for hydroxylation is 1. The Morgan fingerprint density at radius 1 is 1.19 bits per heavy atom. The number of likely N-dealkylation sites (tertiary alicyclic amines) is 1. The van der Waals surface area contributed by atoms with E-state index in [9.17, 15) is 18.0 Å². The van der Waals surface area contributed by atoms with E-state index in [1.807, 2.05) is 4.90 Å². The second-order valence-corrected chi connectivity index (χ2v) is 6.72. The number of hydrogen-bond donors (Lipinski definition) is 1. The van der Waals surface area contributed by atoms with Crippen molar-refractivity contribution >= 4 is 18.3 Å². The third kappa shape index (κ3) is 6.26. The minimum atomic E-state index is -4.73. The second kappa shape index (κ2) is 9.61. The highest BCUT2D eigenvalue weighted by molar-refractivity contribution is 5.85. The minimum Gasteiger partial charge on any atom is -0.406 e. The maximum absolute atomic E-state index is 12.5. The Labute approximate surface area is 163 Å². The van der Waals surface area contributed by atoms with Gasteiger partial charge in [0.2, 0.25) is 5.91 Å². The highest BCUT2D eigenvalue weighted by Gasteiger charge is 2.33. The molecule has 0 saturated carbocycles. The zero-order chi connectivity index (χ0) is 18.6. The van der Waals surface area contributed by atoms with Crippen molar-refractivity contribution in [3.8, 4) is 5.75 Å². The van der Waals surface area contributed by atoms with E-state index in [4.69, 9.17) is 0 Å². The molecule has 1 aromatic carbocycles. The molecule has 2 saturated heterocycles. The summed E-state index contributed by atoms with van der Waals surface area (Å²) in [6.45, 7) is 5.36. The molecule has 1 N–H and O–H groups in total. The fourth-order valence-electron chi connectivity index (χ4n) is 3.65. The fourth-order valence-corrected chi connectivity index (χ4v) is 3.65. The number of carbonyl (C=O) groups is 1. The average Bonchev–Trinajstić information content (AvgIpc) is 3.10. The van der Waals surface area contributed by atoms with Crippen molar-refractivity contribution in [1.29, 1.82) is 0 Å². The third-order valence-corrected chi connectivity index (χ3v) is 4.99. The van der Waals surface area contributed by atoms with Crippen LogP contribution >= 0.6 is 12.4 Å². The summed E-state index contributed by atoms with van der Waals surface area (Å²) in [4.78, 5) is 16.7. The van der Waals surface area contributed by atoms with Crippen LogP contribution in [0.25, 0.3) is 0 Å². The zero-order valence-electron chi connectivity index (χ0n) is 15.0. The third-order valence-electron chi connectivity index (χ3n) is 4.99. The topological polar surface area (TPSA) is 44.8 Å². The van der Waals surface area contributed by atoms with E-state index < -0.39 is 6.36 Å². The smallest absolute Gasteiger partial charge is 0.406 e. The number of amides is 1. The summed E-state index contributed by atoms with van der Waals surface area (Å²) in [6.07, 6.45) is -3.35. The quantitative estimate of drug-likeness (QED) is 0.814. The molecule has 0 aromatic heterocycles. The summed E-state index contributed by atoms with van der Waals surface area (Å²) in [7, 11) is 0. The van der Waals surface area contributed by atoms with Gasteiger partial charge in [-0.25, -0.2) is 0 Å². The molecule has 0 spiro atoms. The van der Waals surface area contributed by atoms with Gasteiger partial charge in [-0.2, -0.15) is 0 Å². The van der Waals surface area contributed by atoms with Crippen LogP contribution in [0.4, 0.5) is 13.2 Å². The SMILES string of the molecule is Cl.O=C(CCc1ccccc1OC(F)(F)F)N1CCC(N2CCNCC2)C1. The lowest BCUT2D eigenvalue weighted by atomic mass is 10.1. The fraction of sp³-hybridized carbons (Fsp3) is 0.611. The van der Waals surface area contributed by atoms with E-state index in [1.165, 1.54) is 12.1 Å². The molecule has 5 nitrogen and oxygen atoms in total. The van der Waals surface area contributed by atoms with Gasteiger partial charge >= 0.3 is 6.36 Å². The number of carbonyl (C=O) groups excluding carboxylic acids is 1. The van der Waals surface area contributed by atoms with Gasteiger partial charge in [0.25, 0.3) is 0 Å². The van der Waals surface area contributed by atoms with Crippen LogP contribution in [0.15, 0.2) is 24.3 Å². The molecule has 1 unspecified atom stereocenters. The largest absolute Gasteiger partial charge is 0.573 e. The number of para-hydroxylation sites is 1. The molecule has 2 fully saturated rings. The predicted octanol–water partition coefficient (Wildman–Crippen LogP) is 2.45. The van der Waals surface area contributed by atoms with Gasteiger partial charge < -0.3 is 15.0 Å². The molecule has 1 aromatic rings. The minimum absolute atomic E-state index is 0. The highest BCUT2D eigenvalue weighted by atomic mass is 35.5. The molecule has 152 valence electrons. The summed E-state index contributed by atoms with van der Waals surface area (Å²) in [5, 5.41) is 3.32. The Morgan fingerprint density at radius 2 is 1.89 bits per heavy atom. The van der Waals surface area contributed by atoms with Crippen LogP contribution in [-0.4, -0.2) is 67.4 Å². The standard InChI is InChI=1S/C18H24F3N3O2.ClH/c19-18(20,21)26-16-4-2-1-3-14(16)5-6-17(25)24-10-7-15(13-24)23-11-8-22-9-12-23;/h1-4,15,22H,5-13H2;1H. The number of rotatable bonds is 5. The highest BCUT2D eigenvalue weighted by Crippen LogP contribution is 2.27. The molecule has 2 heterocycles. The normalized spacial score (nSPS) is 21.0. The number of halogens is 4. The molecule has 1 atom stereocenters. The number of hydrogen-bond acceptors (Lipinski definition) is 4. The summed E-state index contributed by atoms with van der Waals surface area (Å²) in [5.41, 5.74) is 0.399. The van der Waals surface area contributed by atoms with Crippen LogP contribution in [0.5, 0.6) is 5.75 Å². The molecule has 9 heteroatoms. The first kappa shape index (κ1) is 21.8. The second-order valence-electron chi connectivity index (χ2n) is 6.72. The number of piperazine rings is 1. The molecule has 1 amide bonds. The van der Waals surface area contributed by atoms with Crippen molar-refractivity contribution < 1.29 is 22.7 Å². The van der Waals surface area contributed by atoms with Gasteiger partial charge in [-0.1, -0.05) is 18.2 Å². The Hall–Kier alpha value is -1.51. The Balaban J connectivity index is 0.00000261. The number of ether oxygens (including phenoxy) is 1. The lowest BCUT2D eigenvalue weighted by Gasteiger charge is -2.32. The number of alkyl halides is 3. The van der Waals surface area contributed by atoms with Gasteiger partial charge in [-0.15, -0.1) is 25.6 Å². The molecule has 0 radical (unpaired) electrons. The number of nitrogens with zero attached hydrogens (tertiary/aromatic N) is 2. The maximum atomic E-state index is 12.5. The average molecular weight is 408 g/mol. The van der Waals surface area contributed by atoms with E-state index in [0.717, 1.165) is 32.6 Å². The summed E-state index contributed by atoms with van der Waals surface area (Å²) >= 11 is 0. The van der Waals surface area contributed by atoms with Crippen LogP contribution in [0, 0.1) is 0 Å². The van der Waals surface area contributed by atoms with Gasteiger partial charge in [-0.05, 0) is 24.5 Å². The molecule has 27 heavy (non-hydrogen) atoms. The van der Waals surface area contributed by atoms with Crippen molar-refractivity contribution in [1.82, 2.24) is 15.1 Å². The molecule has 3 rings (SSSR count). The van der Waals surface area contributed by atoms with Gasteiger partial charge in [0.05, 0.1) is 0 Å². The van der Waals surface area contributed by atoms with Crippen molar-refractivity contribution in [2.24, 2.45) is 0 Å². The first-order valence-corrected chi connectivity index (χ1v) is 8.98. The lowest BCUT2D eigenvalue weighted by Crippen LogP contribution is -2.49. The summed E-state index contributed by atoms with van der Waals surface area (Å²) in [6, 6.07) is 6.39. The monoisotopic (exact) mass is 407 g/mol. The van der Waals surface area contributed by atoms with Crippen LogP contribution in [0.3, 0.4) is 0 Å². The van der Waals surface area contributed by atoms with Gasteiger partial charge in [0.15, 0.2) is 0 Å². The van der Waals surface area contributed by atoms with Crippen LogP contribution in [0.2, 0.25) is 0 Å². The number of benzene rings is 1. The van der Waals surface area contributed by atoms with Gasteiger partial charge in [0, 0.05) is 51.7 Å². The van der Waals surface area contributed by atoms with Gasteiger partial charge in [0.1, 0.15) is 5.75 Å². The van der Waals surface area contributed by atoms with Crippen LogP contribution in [-0.2, 0) is 11.2 Å². The molecule has 2 aliphatic heterocycles. The van der Waals surface area contributed by atoms with Crippen molar-refractivity contribution in [3.05, 3.63) is 29.8 Å². The maximum Gasteiger partial charge on any atom is 0.573 e. The predicted molar refractivity (Wildman–Crippen MR) is 98.1 cm³/mol. The Morgan fingerprint density at radius 3 is 2.59 bits per heavy atom. The number of nitrogens with one attached hydrogen (secondary N) is 1. The van der Waals surface area contributed by atoms with E-state index in [1.54, 1.807) is 12.1 Å². The molecule has 0 bridgehead atoms. The molecule has 2 aliphatic rings. The van der Waals surface area contributed by atoms with Crippen molar-refractivity contribution in [2.45, 2.75) is 31.7 Å². The van der Waals surface area contributed by atoms with Crippen molar-refractivity contribution in [2.75, 3.05) is 39.3 Å². The first-order valence-electron chi connectivity index (χ1n) is 8.98. The van der Waals surface area contributed by atoms with E-state index in [2.05, 4.69) is 15.0 Å². The Bertz CT molecular complexity index is 624. The van der Waals surface area contributed by atoms with Crippen molar-refractivity contribution in [3.63, 3.8) is 0 Å². The first-order chi connectivity index (χ1) is 12.4. The van der Waals surface area contributed by atoms with Gasteiger partial charge in [-0.3, -0.25) is 9.69 Å². The summed E-state index contributed by atoms with van der Waals surface area (Å²) < 4.78 is 41.5. The molecule has 0 aliphatic carbocycles. The molecular weight excluding hydrogens is 383 g/mol. The van der Waals surface area contributed by atoms with E-state index >= 15 is 0 Å². The lowest BCUT2D eigenvalue weighted by molar-refractivity contribution is -0.274.